The number of esters is 1. The first-order valence-corrected chi connectivity index (χ1v) is 6.74. The van der Waals surface area contributed by atoms with E-state index in [0.717, 1.165) is 6.42 Å². The van der Waals surface area contributed by atoms with Gasteiger partial charge in [-0.25, -0.2) is 0 Å². The van der Waals surface area contributed by atoms with Crippen molar-refractivity contribution in [2.24, 2.45) is 5.92 Å². The fourth-order valence-electron chi connectivity index (χ4n) is 1.73. The Bertz CT molecular complexity index is 503. The van der Waals surface area contributed by atoms with Crippen molar-refractivity contribution in [1.82, 2.24) is 9.97 Å². The number of hydrogen-bond acceptors (Lipinski definition) is 4. The van der Waals surface area contributed by atoms with Crippen LogP contribution in [0.15, 0.2) is 48.8 Å². The second-order valence-corrected chi connectivity index (χ2v) is 4.64. The van der Waals surface area contributed by atoms with E-state index in [1.807, 2.05) is 50.2 Å². The molecule has 2 heterocycles. The van der Waals surface area contributed by atoms with Gasteiger partial charge in [0, 0.05) is 12.4 Å². The van der Waals surface area contributed by atoms with Crippen LogP contribution in [-0.4, -0.2) is 15.9 Å². The number of nitrogens with zero attached hydrogens (tertiary/aromatic N) is 2. The van der Waals surface area contributed by atoms with Crippen molar-refractivity contribution in [3.05, 3.63) is 60.2 Å². The van der Waals surface area contributed by atoms with Gasteiger partial charge in [0.25, 0.3) is 0 Å². The molecule has 0 aliphatic carbocycles. The number of carbonyl (C=O) groups is 1. The SMILES string of the molecule is CCC(C)C(=O)OC(c1ccccn1)c1ccccn1. The van der Waals surface area contributed by atoms with Crippen molar-refractivity contribution in [1.29, 1.82) is 0 Å². The Morgan fingerprint density at radius 3 is 2.05 bits per heavy atom. The molecule has 4 heteroatoms. The molecule has 2 aromatic rings. The van der Waals surface area contributed by atoms with E-state index in [1.54, 1.807) is 12.4 Å². The van der Waals surface area contributed by atoms with Gasteiger partial charge in [-0.3, -0.25) is 14.8 Å². The quantitative estimate of drug-likeness (QED) is 0.783. The van der Waals surface area contributed by atoms with Crippen molar-refractivity contribution < 1.29 is 9.53 Å². The van der Waals surface area contributed by atoms with Crippen molar-refractivity contribution in [3.8, 4) is 0 Å². The molecule has 1 unspecified atom stereocenters. The predicted molar refractivity (Wildman–Crippen MR) is 75.9 cm³/mol. The molecule has 0 bridgehead atoms. The zero-order valence-electron chi connectivity index (χ0n) is 11.7. The largest absolute Gasteiger partial charge is 0.449 e. The summed E-state index contributed by atoms with van der Waals surface area (Å²) in [5, 5.41) is 0. The van der Waals surface area contributed by atoms with Crippen molar-refractivity contribution in [3.63, 3.8) is 0 Å². The van der Waals surface area contributed by atoms with Crippen LogP contribution in [0.25, 0.3) is 0 Å². The average Bonchev–Trinajstić information content (AvgIpc) is 2.53. The molecule has 0 saturated carbocycles. The summed E-state index contributed by atoms with van der Waals surface area (Å²) in [6.07, 6.45) is 3.56. The normalized spacial score (nSPS) is 12.2. The summed E-state index contributed by atoms with van der Waals surface area (Å²) < 4.78 is 5.61. The Morgan fingerprint density at radius 1 is 1.10 bits per heavy atom. The van der Waals surface area contributed by atoms with Crippen LogP contribution in [0.5, 0.6) is 0 Å². The summed E-state index contributed by atoms with van der Waals surface area (Å²) >= 11 is 0. The number of aromatic nitrogens is 2. The third kappa shape index (κ3) is 3.41. The van der Waals surface area contributed by atoms with Gasteiger partial charge in [-0.1, -0.05) is 26.0 Å². The lowest BCUT2D eigenvalue weighted by Gasteiger charge is -2.19. The molecule has 0 amide bonds. The minimum Gasteiger partial charge on any atom is -0.449 e. The Kier molecular flexibility index (Phi) is 4.82. The molecule has 4 nitrogen and oxygen atoms in total. The number of ether oxygens (including phenoxy) is 1. The van der Waals surface area contributed by atoms with E-state index < -0.39 is 6.10 Å². The number of carbonyl (C=O) groups excluding carboxylic acids is 1. The van der Waals surface area contributed by atoms with E-state index in [9.17, 15) is 4.79 Å². The molecular formula is C16H18N2O2. The lowest BCUT2D eigenvalue weighted by Crippen LogP contribution is -2.19. The lowest BCUT2D eigenvalue weighted by atomic mass is 10.1. The van der Waals surface area contributed by atoms with Crippen molar-refractivity contribution in [2.45, 2.75) is 26.4 Å². The standard InChI is InChI=1S/C16H18N2O2/c1-3-12(2)16(19)20-15(13-8-4-6-10-17-13)14-9-5-7-11-18-14/h4-12,15H,3H2,1-2H3. The molecule has 0 saturated heterocycles. The van der Waals surface area contributed by atoms with E-state index in [0.29, 0.717) is 11.4 Å². The third-order valence-corrected chi connectivity index (χ3v) is 3.16. The molecule has 2 aromatic heterocycles. The summed E-state index contributed by atoms with van der Waals surface area (Å²) in [4.78, 5) is 20.6. The first kappa shape index (κ1) is 14.2. The number of pyridine rings is 2. The Hall–Kier alpha value is -2.23. The minimum atomic E-state index is -0.557. The summed E-state index contributed by atoms with van der Waals surface area (Å²) in [5.41, 5.74) is 1.37. The van der Waals surface area contributed by atoms with Crippen LogP contribution in [0.4, 0.5) is 0 Å². The third-order valence-electron chi connectivity index (χ3n) is 3.16. The molecule has 0 fully saturated rings. The fourth-order valence-corrected chi connectivity index (χ4v) is 1.73. The highest BCUT2D eigenvalue weighted by atomic mass is 16.5. The summed E-state index contributed by atoms with van der Waals surface area (Å²) in [5.74, 6) is -0.362. The Balaban J connectivity index is 2.28. The maximum Gasteiger partial charge on any atom is 0.309 e. The highest BCUT2D eigenvalue weighted by molar-refractivity contribution is 5.72. The maximum absolute atomic E-state index is 12.1. The lowest BCUT2D eigenvalue weighted by molar-refractivity contribution is -0.152. The predicted octanol–water partition coefficient (Wildman–Crippen LogP) is 3.16. The molecule has 1 atom stereocenters. The van der Waals surface area contributed by atoms with Gasteiger partial charge in [-0.15, -0.1) is 0 Å². The highest BCUT2D eigenvalue weighted by Gasteiger charge is 2.23. The fraction of sp³-hybridized carbons (Fsp3) is 0.312. The van der Waals surface area contributed by atoms with Crippen LogP contribution in [0.2, 0.25) is 0 Å². The Labute approximate surface area is 118 Å². The number of hydrogen-bond donors (Lipinski definition) is 0. The molecule has 0 aliphatic heterocycles. The number of rotatable bonds is 5. The topological polar surface area (TPSA) is 52.1 Å². The van der Waals surface area contributed by atoms with E-state index >= 15 is 0 Å². The minimum absolute atomic E-state index is 0.134. The van der Waals surface area contributed by atoms with Crippen molar-refractivity contribution >= 4 is 5.97 Å². The van der Waals surface area contributed by atoms with Gasteiger partial charge >= 0.3 is 5.97 Å². The molecule has 20 heavy (non-hydrogen) atoms. The van der Waals surface area contributed by atoms with Gasteiger partial charge in [0.2, 0.25) is 0 Å². The molecule has 0 aromatic carbocycles. The molecule has 0 radical (unpaired) electrons. The van der Waals surface area contributed by atoms with Gasteiger partial charge in [0.15, 0.2) is 6.10 Å². The average molecular weight is 270 g/mol. The molecule has 104 valence electrons. The highest BCUT2D eigenvalue weighted by Crippen LogP contribution is 2.24. The Morgan fingerprint density at radius 2 is 1.65 bits per heavy atom. The van der Waals surface area contributed by atoms with Crippen LogP contribution >= 0.6 is 0 Å². The van der Waals surface area contributed by atoms with Gasteiger partial charge in [-0.05, 0) is 30.7 Å². The van der Waals surface area contributed by atoms with Crippen LogP contribution < -0.4 is 0 Å². The monoisotopic (exact) mass is 270 g/mol. The molecule has 0 spiro atoms. The van der Waals surface area contributed by atoms with E-state index in [1.165, 1.54) is 0 Å². The summed E-state index contributed by atoms with van der Waals surface area (Å²) in [7, 11) is 0. The van der Waals surface area contributed by atoms with Crippen molar-refractivity contribution in [2.75, 3.05) is 0 Å². The smallest absolute Gasteiger partial charge is 0.309 e. The van der Waals surface area contributed by atoms with Gasteiger partial charge in [0.1, 0.15) is 0 Å². The van der Waals surface area contributed by atoms with Crippen LogP contribution in [-0.2, 0) is 9.53 Å². The zero-order chi connectivity index (χ0) is 14.4. The zero-order valence-corrected chi connectivity index (χ0v) is 11.7. The molecule has 0 N–H and O–H groups in total. The molecule has 2 rings (SSSR count). The first-order chi connectivity index (χ1) is 9.72. The van der Waals surface area contributed by atoms with E-state index in [-0.39, 0.29) is 11.9 Å². The second-order valence-electron chi connectivity index (χ2n) is 4.64. The molecular weight excluding hydrogens is 252 g/mol. The van der Waals surface area contributed by atoms with Crippen LogP contribution in [0.3, 0.4) is 0 Å². The van der Waals surface area contributed by atoms with Gasteiger partial charge in [0.05, 0.1) is 17.3 Å². The van der Waals surface area contributed by atoms with Gasteiger partial charge < -0.3 is 4.74 Å². The summed E-state index contributed by atoms with van der Waals surface area (Å²) in [6, 6.07) is 11.1. The summed E-state index contributed by atoms with van der Waals surface area (Å²) in [6.45, 7) is 3.82. The van der Waals surface area contributed by atoms with E-state index in [2.05, 4.69) is 9.97 Å². The second kappa shape index (κ2) is 6.80. The first-order valence-electron chi connectivity index (χ1n) is 6.74. The maximum atomic E-state index is 12.1. The van der Waals surface area contributed by atoms with Crippen LogP contribution in [0.1, 0.15) is 37.8 Å². The molecule has 0 aliphatic rings. The van der Waals surface area contributed by atoms with E-state index in [4.69, 9.17) is 4.74 Å². The van der Waals surface area contributed by atoms with Gasteiger partial charge in [-0.2, -0.15) is 0 Å². The van der Waals surface area contributed by atoms with Crippen LogP contribution in [0, 0.1) is 5.92 Å².